The van der Waals surface area contributed by atoms with Gasteiger partial charge >= 0.3 is 6.18 Å². The molecule has 0 spiro atoms. The van der Waals surface area contributed by atoms with Gasteiger partial charge in [0.25, 0.3) is 0 Å². The summed E-state index contributed by atoms with van der Waals surface area (Å²) >= 11 is 0. The van der Waals surface area contributed by atoms with E-state index in [9.17, 15) is 26.4 Å². The fourth-order valence-electron chi connectivity index (χ4n) is 3.19. The number of hydrogen-bond donors (Lipinski definition) is 1. The highest BCUT2D eigenvalue weighted by atomic mass is 32.2. The Morgan fingerprint density at radius 1 is 1.09 bits per heavy atom. The molecule has 1 aromatic carbocycles. The first-order valence-electron chi connectivity index (χ1n) is 11.4. The summed E-state index contributed by atoms with van der Waals surface area (Å²) < 4.78 is 71.8. The van der Waals surface area contributed by atoms with E-state index in [4.69, 9.17) is 4.74 Å². The van der Waals surface area contributed by atoms with Crippen LogP contribution in [0.1, 0.15) is 69.2 Å². The zero-order chi connectivity index (χ0) is 25.2. The van der Waals surface area contributed by atoms with Crippen LogP contribution in [-0.4, -0.2) is 36.5 Å². The third-order valence-electron chi connectivity index (χ3n) is 5.10. The second-order valence-corrected chi connectivity index (χ2v) is 9.92. The summed E-state index contributed by atoms with van der Waals surface area (Å²) in [6, 6.07) is 6.44. The third kappa shape index (κ3) is 9.36. The maximum Gasteiger partial charge on any atom is 0.416 e. The Bertz CT molecular complexity index is 1020. The zero-order valence-electron chi connectivity index (χ0n) is 19.5. The predicted molar refractivity (Wildman–Crippen MR) is 123 cm³/mol. The molecule has 1 heterocycles. The van der Waals surface area contributed by atoms with Crippen molar-refractivity contribution in [2.75, 3.05) is 12.4 Å². The van der Waals surface area contributed by atoms with Gasteiger partial charge in [-0.3, -0.25) is 14.2 Å². The van der Waals surface area contributed by atoms with Gasteiger partial charge < -0.3 is 4.74 Å². The molecule has 0 aliphatic carbocycles. The van der Waals surface area contributed by atoms with Crippen LogP contribution in [-0.2, 0) is 34.0 Å². The molecule has 34 heavy (non-hydrogen) atoms. The van der Waals surface area contributed by atoms with Crippen LogP contribution in [0, 0.1) is 0 Å². The Labute approximate surface area is 198 Å². The highest BCUT2D eigenvalue weighted by Gasteiger charge is 2.30. The van der Waals surface area contributed by atoms with Crippen LogP contribution in [0.5, 0.6) is 5.88 Å². The van der Waals surface area contributed by atoms with Gasteiger partial charge in [0.15, 0.2) is 0 Å². The minimum atomic E-state index is -4.42. The summed E-state index contributed by atoms with van der Waals surface area (Å²) in [4.78, 5) is 12.2. The van der Waals surface area contributed by atoms with E-state index < -0.39 is 27.7 Å². The number of hydrogen-bond acceptors (Lipinski definition) is 5. The van der Waals surface area contributed by atoms with Gasteiger partial charge in [-0.15, -0.1) is 5.10 Å². The molecule has 0 fully saturated rings. The summed E-state index contributed by atoms with van der Waals surface area (Å²) in [5.41, 5.74) is 0.475. The van der Waals surface area contributed by atoms with Crippen LogP contribution in [0.15, 0.2) is 30.3 Å². The molecule has 0 atom stereocenters. The van der Waals surface area contributed by atoms with Gasteiger partial charge in [-0.05, 0) is 37.0 Å². The van der Waals surface area contributed by atoms with Crippen molar-refractivity contribution in [1.82, 2.24) is 14.5 Å². The molecule has 0 aliphatic rings. The maximum absolute atomic E-state index is 12.8. The number of nitrogens with one attached hydrogen (secondary N) is 1. The summed E-state index contributed by atoms with van der Waals surface area (Å²) in [7, 11) is -3.68. The van der Waals surface area contributed by atoms with Gasteiger partial charge in [-0.2, -0.15) is 13.2 Å². The fourth-order valence-corrected chi connectivity index (χ4v) is 4.33. The number of carbonyl (C=O) groups is 1. The first-order valence-corrected chi connectivity index (χ1v) is 13.1. The van der Waals surface area contributed by atoms with Crippen molar-refractivity contribution in [2.45, 2.75) is 71.5 Å². The summed E-state index contributed by atoms with van der Waals surface area (Å²) in [6.07, 6.45) is -0.419. The van der Waals surface area contributed by atoms with Crippen LogP contribution >= 0.6 is 0 Å². The minimum absolute atomic E-state index is 0.0832. The number of rotatable bonds is 14. The molecule has 1 N–H and O–H groups in total. The molecule has 0 saturated carbocycles. The van der Waals surface area contributed by atoms with E-state index >= 15 is 0 Å². The third-order valence-corrected chi connectivity index (χ3v) is 6.46. The van der Waals surface area contributed by atoms with Gasteiger partial charge in [0.05, 0.1) is 24.5 Å². The standard InChI is InChI=1S/C23H32F3N3O4S/c1-3-5-7-15-34(31,32)28-21(30)13-12-20-16-22(33-14-6-4-2)27-29(20)17-18-8-10-19(11-9-18)23(24,25)26/h8-11,16H,3-7,12-15,17H2,1-2H3,(H,28,30). The van der Waals surface area contributed by atoms with Crippen molar-refractivity contribution < 1.29 is 31.1 Å². The molecule has 2 rings (SSSR count). The molecule has 0 unspecified atom stereocenters. The second-order valence-electron chi connectivity index (χ2n) is 8.08. The van der Waals surface area contributed by atoms with Gasteiger partial charge in [0, 0.05) is 18.2 Å². The monoisotopic (exact) mass is 503 g/mol. The molecular formula is C23H32F3N3O4S. The maximum atomic E-state index is 12.8. The SMILES string of the molecule is CCCCCS(=O)(=O)NC(=O)CCc1cc(OCCCC)nn1Cc1ccc(C(F)(F)F)cc1. The number of ether oxygens (including phenoxy) is 1. The van der Waals surface area contributed by atoms with Crippen LogP contribution in [0.2, 0.25) is 0 Å². The van der Waals surface area contributed by atoms with Crippen molar-refractivity contribution >= 4 is 15.9 Å². The van der Waals surface area contributed by atoms with Gasteiger partial charge in [-0.1, -0.05) is 45.2 Å². The number of halogens is 3. The van der Waals surface area contributed by atoms with Crippen molar-refractivity contribution in [3.8, 4) is 5.88 Å². The van der Waals surface area contributed by atoms with Gasteiger partial charge in [-0.25, -0.2) is 8.42 Å². The number of amides is 1. The largest absolute Gasteiger partial charge is 0.477 e. The molecular weight excluding hydrogens is 471 g/mol. The smallest absolute Gasteiger partial charge is 0.416 e. The number of nitrogens with zero attached hydrogens (tertiary/aromatic N) is 2. The van der Waals surface area contributed by atoms with E-state index in [0.29, 0.717) is 30.2 Å². The fraction of sp³-hybridized carbons (Fsp3) is 0.565. The van der Waals surface area contributed by atoms with Crippen LogP contribution in [0.4, 0.5) is 13.2 Å². The number of benzene rings is 1. The lowest BCUT2D eigenvalue weighted by Gasteiger charge is -2.10. The average Bonchev–Trinajstić information content (AvgIpc) is 3.13. The lowest BCUT2D eigenvalue weighted by Crippen LogP contribution is -2.32. The lowest BCUT2D eigenvalue weighted by atomic mass is 10.1. The summed E-state index contributed by atoms with van der Waals surface area (Å²) in [6.45, 7) is 4.62. The summed E-state index contributed by atoms with van der Waals surface area (Å²) in [5.74, 6) is -0.372. The number of alkyl halides is 3. The Morgan fingerprint density at radius 2 is 1.76 bits per heavy atom. The predicted octanol–water partition coefficient (Wildman–Crippen LogP) is 4.70. The second kappa shape index (κ2) is 12.8. The Hall–Kier alpha value is -2.56. The normalized spacial score (nSPS) is 12.0. The van der Waals surface area contributed by atoms with Crippen molar-refractivity contribution in [1.29, 1.82) is 0 Å². The number of aryl methyl sites for hydroxylation is 1. The molecule has 0 aliphatic heterocycles. The van der Waals surface area contributed by atoms with Crippen LogP contribution < -0.4 is 9.46 Å². The Kier molecular flexibility index (Phi) is 10.4. The van der Waals surface area contributed by atoms with E-state index in [1.807, 2.05) is 13.8 Å². The molecule has 190 valence electrons. The Balaban J connectivity index is 2.08. The Morgan fingerprint density at radius 3 is 2.38 bits per heavy atom. The number of carbonyl (C=O) groups excluding carboxylic acids is 1. The molecule has 1 aromatic heterocycles. The van der Waals surface area contributed by atoms with Crippen LogP contribution in [0.25, 0.3) is 0 Å². The summed E-state index contributed by atoms with van der Waals surface area (Å²) in [5, 5.41) is 4.37. The molecule has 0 radical (unpaired) electrons. The van der Waals surface area contributed by atoms with E-state index in [1.54, 1.807) is 10.7 Å². The average molecular weight is 504 g/mol. The molecule has 7 nitrogen and oxygen atoms in total. The molecule has 11 heteroatoms. The quantitative estimate of drug-likeness (QED) is 0.378. The molecule has 2 aromatic rings. The molecule has 0 saturated heterocycles. The number of sulfonamides is 1. The van der Waals surface area contributed by atoms with Gasteiger partial charge in [0.2, 0.25) is 21.8 Å². The van der Waals surface area contributed by atoms with E-state index in [-0.39, 0.29) is 25.1 Å². The van der Waals surface area contributed by atoms with Crippen molar-refractivity contribution in [2.24, 2.45) is 0 Å². The topological polar surface area (TPSA) is 90.3 Å². The van der Waals surface area contributed by atoms with Crippen molar-refractivity contribution in [3.63, 3.8) is 0 Å². The first-order chi connectivity index (χ1) is 16.0. The highest BCUT2D eigenvalue weighted by molar-refractivity contribution is 7.90. The number of aromatic nitrogens is 2. The highest BCUT2D eigenvalue weighted by Crippen LogP contribution is 2.29. The van der Waals surface area contributed by atoms with E-state index in [2.05, 4.69) is 9.82 Å². The number of unbranched alkanes of at least 4 members (excludes halogenated alkanes) is 3. The van der Waals surface area contributed by atoms with E-state index in [1.165, 1.54) is 12.1 Å². The molecule has 1 amide bonds. The van der Waals surface area contributed by atoms with Crippen molar-refractivity contribution in [3.05, 3.63) is 47.2 Å². The first kappa shape index (κ1) is 27.7. The molecule has 0 bridgehead atoms. The minimum Gasteiger partial charge on any atom is -0.477 e. The van der Waals surface area contributed by atoms with Crippen LogP contribution in [0.3, 0.4) is 0 Å². The van der Waals surface area contributed by atoms with Gasteiger partial charge in [0.1, 0.15) is 0 Å². The van der Waals surface area contributed by atoms with E-state index in [0.717, 1.165) is 37.8 Å². The zero-order valence-corrected chi connectivity index (χ0v) is 20.3. The lowest BCUT2D eigenvalue weighted by molar-refractivity contribution is -0.137.